The van der Waals surface area contributed by atoms with Crippen molar-refractivity contribution in [2.45, 2.75) is 57.0 Å². The lowest BCUT2D eigenvalue weighted by atomic mass is 9.78. The minimum atomic E-state index is -1.57. The van der Waals surface area contributed by atoms with Gasteiger partial charge in [0.25, 0.3) is 11.8 Å². The van der Waals surface area contributed by atoms with Crippen molar-refractivity contribution in [2.24, 2.45) is 5.73 Å². The Morgan fingerprint density at radius 2 is 1.90 bits per heavy atom. The van der Waals surface area contributed by atoms with Gasteiger partial charge in [0.1, 0.15) is 6.04 Å². The SMILES string of the molecule is N[C@@H](CCCCNC(=O)C1C[C@H](NC(=O)c2ccc3c(c2)[B]OC3)CN1C(=O)c1ccc2c(c1)B(O)OC2)C(=O)F. The second kappa shape index (κ2) is 12.5. The van der Waals surface area contributed by atoms with Crippen LogP contribution in [0.4, 0.5) is 4.39 Å². The summed E-state index contributed by atoms with van der Waals surface area (Å²) in [5.41, 5.74) is 9.23. The van der Waals surface area contributed by atoms with E-state index in [1.165, 1.54) is 4.90 Å². The third kappa shape index (κ3) is 6.51. The first-order valence-corrected chi connectivity index (χ1v) is 13.6. The Balaban J connectivity index is 1.27. The molecule has 2 aromatic rings. The van der Waals surface area contributed by atoms with Gasteiger partial charge in [-0.05, 0) is 65.9 Å². The second-order valence-electron chi connectivity index (χ2n) is 10.5. The summed E-state index contributed by atoms with van der Waals surface area (Å²) < 4.78 is 23.2. The number of benzene rings is 2. The van der Waals surface area contributed by atoms with Crippen LogP contribution >= 0.6 is 0 Å². The molecular formula is C27H30B2FN4O7. The zero-order valence-corrected chi connectivity index (χ0v) is 22.3. The quantitative estimate of drug-likeness (QED) is 0.160. The zero-order valence-electron chi connectivity index (χ0n) is 22.3. The third-order valence-electron chi connectivity index (χ3n) is 7.65. The molecule has 14 heteroatoms. The highest BCUT2D eigenvalue weighted by Gasteiger charge is 2.41. The van der Waals surface area contributed by atoms with Crippen LogP contribution in [0.5, 0.6) is 0 Å². The van der Waals surface area contributed by atoms with Crippen molar-refractivity contribution < 1.29 is 37.9 Å². The summed E-state index contributed by atoms with van der Waals surface area (Å²) in [5.74, 6) is -1.14. The Bertz CT molecular complexity index is 1360. The van der Waals surface area contributed by atoms with Gasteiger partial charge in [-0.15, -0.1) is 0 Å². The molecule has 3 heterocycles. The van der Waals surface area contributed by atoms with Crippen molar-refractivity contribution in [2.75, 3.05) is 13.1 Å². The van der Waals surface area contributed by atoms with Crippen LogP contribution in [0.25, 0.3) is 0 Å². The molecule has 0 spiro atoms. The molecule has 3 amide bonds. The summed E-state index contributed by atoms with van der Waals surface area (Å²) in [5, 5.41) is 15.8. The molecule has 213 valence electrons. The predicted molar refractivity (Wildman–Crippen MR) is 147 cm³/mol. The van der Waals surface area contributed by atoms with Crippen molar-refractivity contribution in [1.82, 2.24) is 15.5 Å². The van der Waals surface area contributed by atoms with Crippen molar-refractivity contribution in [3.63, 3.8) is 0 Å². The molecule has 3 aliphatic rings. The Labute approximate surface area is 237 Å². The molecule has 41 heavy (non-hydrogen) atoms. The van der Waals surface area contributed by atoms with Gasteiger partial charge in [0.2, 0.25) is 5.91 Å². The number of nitrogens with one attached hydrogen (secondary N) is 2. The zero-order chi connectivity index (χ0) is 29.1. The van der Waals surface area contributed by atoms with Gasteiger partial charge in [0.05, 0.1) is 19.3 Å². The third-order valence-corrected chi connectivity index (χ3v) is 7.65. The molecule has 0 bridgehead atoms. The standard InChI is InChI=1S/C27H30B2FN4O7/c30-24(35)22(31)3-1-2-8-32-26(37)23-11-19(33-25(36)15-4-6-17-13-40-28-20(17)9-15)12-34(23)27(38)16-5-7-18-14-41-29(39)21(18)10-16/h4-7,9-10,19,22-23,39H,1-3,8,11-14,31H2,(H,32,37)(H,33,36)/t19-,22-,23?/m0/s1. The first kappa shape index (κ1) is 28.9. The van der Waals surface area contributed by atoms with Gasteiger partial charge in [0, 0.05) is 30.3 Å². The minimum Gasteiger partial charge on any atom is -0.430 e. The number of nitrogens with zero attached hydrogens (tertiary/aromatic N) is 1. The number of carbonyl (C=O) groups excluding carboxylic acids is 4. The van der Waals surface area contributed by atoms with Crippen LogP contribution in [0, 0.1) is 0 Å². The number of hydrogen-bond acceptors (Lipinski definition) is 8. The summed E-state index contributed by atoms with van der Waals surface area (Å²) in [6, 6.07) is 6.08. The average Bonchev–Trinajstić information content (AvgIpc) is 3.70. The summed E-state index contributed by atoms with van der Waals surface area (Å²) in [4.78, 5) is 52.0. The van der Waals surface area contributed by atoms with Crippen LogP contribution in [-0.4, -0.2) is 79.5 Å². The molecule has 0 aliphatic carbocycles. The number of hydrogen-bond donors (Lipinski definition) is 4. The molecule has 1 unspecified atom stereocenters. The van der Waals surface area contributed by atoms with Gasteiger partial charge in [0.15, 0.2) is 0 Å². The van der Waals surface area contributed by atoms with Gasteiger partial charge < -0.3 is 35.6 Å². The molecule has 3 aliphatic heterocycles. The van der Waals surface area contributed by atoms with E-state index in [0.29, 0.717) is 30.5 Å². The number of carbonyl (C=O) groups is 4. The van der Waals surface area contributed by atoms with Crippen molar-refractivity contribution >= 4 is 49.3 Å². The molecule has 0 aromatic heterocycles. The van der Waals surface area contributed by atoms with E-state index >= 15 is 0 Å². The van der Waals surface area contributed by atoms with Gasteiger partial charge in [-0.25, -0.2) is 0 Å². The fourth-order valence-corrected chi connectivity index (χ4v) is 5.33. The molecule has 3 atom stereocenters. The van der Waals surface area contributed by atoms with E-state index in [0.717, 1.165) is 16.6 Å². The van der Waals surface area contributed by atoms with E-state index in [-0.39, 0.29) is 44.0 Å². The molecule has 2 aromatic carbocycles. The fraction of sp³-hybridized carbons (Fsp3) is 0.407. The Morgan fingerprint density at radius 3 is 2.71 bits per heavy atom. The number of likely N-dealkylation sites (tertiary alicyclic amines) is 1. The lowest BCUT2D eigenvalue weighted by Gasteiger charge is -2.24. The van der Waals surface area contributed by atoms with Crippen molar-refractivity contribution in [3.8, 4) is 0 Å². The maximum atomic E-state index is 13.6. The highest BCUT2D eigenvalue weighted by atomic mass is 19.1. The van der Waals surface area contributed by atoms with E-state index in [1.807, 2.05) is 6.07 Å². The van der Waals surface area contributed by atoms with Crippen LogP contribution < -0.4 is 27.3 Å². The van der Waals surface area contributed by atoms with Gasteiger partial charge >= 0.3 is 20.6 Å². The number of fused-ring (bicyclic) bond motifs is 2. The van der Waals surface area contributed by atoms with Crippen LogP contribution in [-0.2, 0) is 32.1 Å². The Kier molecular flexibility index (Phi) is 8.83. The molecule has 5 N–H and O–H groups in total. The maximum absolute atomic E-state index is 13.6. The van der Waals surface area contributed by atoms with E-state index in [1.54, 1.807) is 37.8 Å². The second-order valence-corrected chi connectivity index (χ2v) is 10.5. The normalized spacial score (nSPS) is 19.8. The van der Waals surface area contributed by atoms with E-state index in [2.05, 4.69) is 10.6 Å². The van der Waals surface area contributed by atoms with Gasteiger partial charge in [-0.2, -0.15) is 4.39 Å². The summed E-state index contributed by atoms with van der Waals surface area (Å²) in [6.07, 6.45) is 1.26. The van der Waals surface area contributed by atoms with Crippen molar-refractivity contribution in [1.29, 1.82) is 0 Å². The summed E-state index contributed by atoms with van der Waals surface area (Å²) in [7, 11) is 0.475. The van der Waals surface area contributed by atoms with E-state index in [4.69, 9.17) is 15.0 Å². The Morgan fingerprint density at radius 1 is 1.12 bits per heavy atom. The van der Waals surface area contributed by atoms with Crippen molar-refractivity contribution in [3.05, 3.63) is 58.7 Å². The lowest BCUT2D eigenvalue weighted by Crippen LogP contribution is -2.46. The molecule has 5 rings (SSSR count). The molecular weight excluding hydrogens is 533 g/mol. The molecule has 1 radical (unpaired) electrons. The monoisotopic (exact) mass is 563 g/mol. The number of unbranched alkanes of at least 4 members (excludes halogenated alkanes) is 1. The first-order chi connectivity index (χ1) is 19.7. The highest BCUT2D eigenvalue weighted by Crippen LogP contribution is 2.23. The summed E-state index contributed by atoms with van der Waals surface area (Å²) >= 11 is 0. The number of nitrogens with two attached hydrogens (primary N) is 1. The number of amides is 3. The molecule has 11 nitrogen and oxygen atoms in total. The van der Waals surface area contributed by atoms with Gasteiger partial charge in [-0.3, -0.25) is 19.2 Å². The topological polar surface area (TPSA) is 160 Å². The predicted octanol–water partition coefficient (Wildman–Crippen LogP) is -1.20. The first-order valence-electron chi connectivity index (χ1n) is 13.6. The molecule has 0 saturated carbocycles. The van der Waals surface area contributed by atoms with Crippen LogP contribution in [0.3, 0.4) is 0 Å². The largest absolute Gasteiger partial charge is 0.491 e. The molecule has 1 fully saturated rings. The fourth-order valence-electron chi connectivity index (χ4n) is 5.33. The smallest absolute Gasteiger partial charge is 0.430 e. The highest BCUT2D eigenvalue weighted by molar-refractivity contribution is 6.61. The maximum Gasteiger partial charge on any atom is 0.491 e. The minimum absolute atomic E-state index is 0.104. The average molecular weight is 563 g/mol. The van der Waals surface area contributed by atoms with E-state index in [9.17, 15) is 28.6 Å². The number of halogens is 1. The number of rotatable bonds is 10. The van der Waals surface area contributed by atoms with Crippen LogP contribution in [0.1, 0.15) is 57.5 Å². The lowest BCUT2D eigenvalue weighted by molar-refractivity contribution is -0.131. The van der Waals surface area contributed by atoms with E-state index < -0.39 is 43.1 Å². The summed E-state index contributed by atoms with van der Waals surface area (Å²) in [6.45, 7) is 1.05. The molecule has 1 saturated heterocycles. The van der Waals surface area contributed by atoms with Crippen LogP contribution in [0.2, 0.25) is 0 Å². The van der Waals surface area contributed by atoms with Crippen LogP contribution in [0.15, 0.2) is 36.4 Å². The van der Waals surface area contributed by atoms with Gasteiger partial charge in [-0.1, -0.05) is 18.2 Å². The Hall–Kier alpha value is -3.58.